The van der Waals surface area contributed by atoms with Crippen molar-refractivity contribution in [2.24, 2.45) is 5.73 Å². The number of anilines is 1. The van der Waals surface area contributed by atoms with E-state index in [1.54, 1.807) is 11.3 Å². The van der Waals surface area contributed by atoms with Crippen LogP contribution in [-0.4, -0.2) is 12.0 Å². The Morgan fingerprint density at radius 1 is 1.14 bits per heavy atom. The SMILES string of the molecule is Cc1nc(CN(C)c2ccc(CN)c3ccccc23)cs1. The van der Waals surface area contributed by atoms with E-state index in [4.69, 9.17) is 5.73 Å². The van der Waals surface area contributed by atoms with Crippen LogP contribution in [0.1, 0.15) is 16.3 Å². The minimum absolute atomic E-state index is 0.565. The average molecular weight is 297 g/mol. The van der Waals surface area contributed by atoms with E-state index in [0.717, 1.165) is 17.2 Å². The number of aromatic nitrogens is 1. The Morgan fingerprint density at radius 2 is 1.90 bits per heavy atom. The van der Waals surface area contributed by atoms with Crippen LogP contribution in [0.2, 0.25) is 0 Å². The summed E-state index contributed by atoms with van der Waals surface area (Å²) in [5.74, 6) is 0. The molecular formula is C17H19N3S. The summed E-state index contributed by atoms with van der Waals surface area (Å²) < 4.78 is 0. The van der Waals surface area contributed by atoms with Crippen LogP contribution >= 0.6 is 11.3 Å². The molecule has 0 amide bonds. The van der Waals surface area contributed by atoms with E-state index < -0.39 is 0 Å². The van der Waals surface area contributed by atoms with E-state index in [1.807, 2.05) is 6.92 Å². The minimum atomic E-state index is 0.565. The van der Waals surface area contributed by atoms with E-state index in [9.17, 15) is 0 Å². The number of hydrogen-bond donors (Lipinski definition) is 1. The van der Waals surface area contributed by atoms with Crippen molar-refractivity contribution in [2.75, 3.05) is 11.9 Å². The van der Waals surface area contributed by atoms with Crippen LogP contribution in [0.3, 0.4) is 0 Å². The van der Waals surface area contributed by atoms with Crippen molar-refractivity contribution < 1.29 is 0 Å². The Morgan fingerprint density at radius 3 is 2.57 bits per heavy atom. The Labute approximate surface area is 129 Å². The fraction of sp³-hybridized carbons (Fsp3) is 0.235. The highest BCUT2D eigenvalue weighted by Crippen LogP contribution is 2.29. The lowest BCUT2D eigenvalue weighted by molar-refractivity contribution is 0.893. The summed E-state index contributed by atoms with van der Waals surface area (Å²) in [7, 11) is 2.11. The van der Waals surface area contributed by atoms with Gasteiger partial charge in [-0.3, -0.25) is 0 Å². The van der Waals surface area contributed by atoms with Gasteiger partial charge < -0.3 is 10.6 Å². The van der Waals surface area contributed by atoms with Crippen molar-refractivity contribution in [3.63, 3.8) is 0 Å². The van der Waals surface area contributed by atoms with Gasteiger partial charge in [0.15, 0.2) is 0 Å². The third kappa shape index (κ3) is 2.77. The molecule has 4 heteroatoms. The first-order chi connectivity index (χ1) is 10.2. The molecule has 1 aromatic heterocycles. The van der Waals surface area contributed by atoms with Crippen molar-refractivity contribution in [2.45, 2.75) is 20.0 Å². The monoisotopic (exact) mass is 297 g/mol. The van der Waals surface area contributed by atoms with Crippen molar-refractivity contribution in [3.05, 3.63) is 58.0 Å². The first-order valence-corrected chi connectivity index (χ1v) is 7.90. The summed E-state index contributed by atoms with van der Waals surface area (Å²) in [6, 6.07) is 12.7. The molecule has 0 spiro atoms. The van der Waals surface area contributed by atoms with Gasteiger partial charge in [0.05, 0.1) is 17.2 Å². The standard InChI is InChI=1S/C17H19N3S/c1-12-19-14(11-21-12)10-20(2)17-8-7-13(9-18)15-5-3-4-6-16(15)17/h3-8,11H,9-10,18H2,1-2H3. The minimum Gasteiger partial charge on any atom is -0.368 e. The van der Waals surface area contributed by atoms with Crippen LogP contribution in [0.5, 0.6) is 0 Å². The van der Waals surface area contributed by atoms with Gasteiger partial charge in [-0.1, -0.05) is 30.3 Å². The largest absolute Gasteiger partial charge is 0.368 e. The quantitative estimate of drug-likeness (QED) is 0.798. The van der Waals surface area contributed by atoms with Crippen molar-refractivity contribution in [3.8, 4) is 0 Å². The molecule has 0 bridgehead atoms. The predicted octanol–water partition coefficient (Wildman–Crippen LogP) is 3.70. The summed E-state index contributed by atoms with van der Waals surface area (Å²) in [4.78, 5) is 6.79. The number of nitrogens with two attached hydrogens (primary N) is 1. The predicted molar refractivity (Wildman–Crippen MR) is 90.8 cm³/mol. The number of hydrogen-bond acceptors (Lipinski definition) is 4. The third-order valence-electron chi connectivity index (χ3n) is 3.69. The third-order valence-corrected chi connectivity index (χ3v) is 4.51. The van der Waals surface area contributed by atoms with Gasteiger partial charge in [0.2, 0.25) is 0 Å². The van der Waals surface area contributed by atoms with Crippen molar-refractivity contribution in [1.29, 1.82) is 0 Å². The lowest BCUT2D eigenvalue weighted by Gasteiger charge is -2.21. The van der Waals surface area contributed by atoms with Crippen molar-refractivity contribution in [1.82, 2.24) is 4.98 Å². The summed E-state index contributed by atoms with van der Waals surface area (Å²) in [6.45, 7) is 3.42. The molecule has 1 heterocycles. The maximum Gasteiger partial charge on any atom is 0.0898 e. The maximum absolute atomic E-state index is 5.85. The Kier molecular flexibility index (Phi) is 3.90. The zero-order chi connectivity index (χ0) is 14.8. The molecule has 0 aliphatic rings. The highest BCUT2D eigenvalue weighted by molar-refractivity contribution is 7.09. The van der Waals surface area contributed by atoms with E-state index in [1.165, 1.54) is 22.0 Å². The second-order valence-corrected chi connectivity index (χ2v) is 6.27. The Balaban J connectivity index is 2.00. The lowest BCUT2D eigenvalue weighted by atomic mass is 10.0. The van der Waals surface area contributed by atoms with Gasteiger partial charge in [0.25, 0.3) is 0 Å². The average Bonchev–Trinajstić information content (AvgIpc) is 2.91. The molecule has 2 N–H and O–H groups in total. The second-order valence-electron chi connectivity index (χ2n) is 5.21. The normalized spacial score (nSPS) is 11.0. The number of fused-ring (bicyclic) bond motifs is 1. The topological polar surface area (TPSA) is 42.2 Å². The second kappa shape index (κ2) is 5.84. The first-order valence-electron chi connectivity index (χ1n) is 7.02. The van der Waals surface area contributed by atoms with E-state index >= 15 is 0 Å². The molecule has 108 valence electrons. The van der Waals surface area contributed by atoms with Gasteiger partial charge >= 0.3 is 0 Å². The van der Waals surface area contributed by atoms with E-state index in [-0.39, 0.29) is 0 Å². The molecule has 0 atom stereocenters. The smallest absolute Gasteiger partial charge is 0.0898 e. The molecule has 0 saturated carbocycles. The van der Waals surface area contributed by atoms with Gasteiger partial charge in [-0.15, -0.1) is 11.3 Å². The number of aryl methyl sites for hydroxylation is 1. The maximum atomic E-state index is 5.85. The van der Waals surface area contributed by atoms with E-state index in [2.05, 4.69) is 58.7 Å². The summed E-state index contributed by atoms with van der Waals surface area (Å²) in [6.07, 6.45) is 0. The molecule has 0 unspecified atom stereocenters. The van der Waals surface area contributed by atoms with Gasteiger partial charge in [-0.2, -0.15) is 0 Å². The molecule has 0 aliphatic carbocycles. The highest BCUT2D eigenvalue weighted by atomic mass is 32.1. The van der Waals surface area contributed by atoms with Crippen LogP contribution in [0.25, 0.3) is 10.8 Å². The summed E-state index contributed by atoms with van der Waals surface area (Å²) >= 11 is 1.70. The molecular weight excluding hydrogens is 278 g/mol. The highest BCUT2D eigenvalue weighted by Gasteiger charge is 2.10. The molecule has 0 radical (unpaired) electrons. The first kappa shape index (κ1) is 14.0. The van der Waals surface area contributed by atoms with Gasteiger partial charge in [0.1, 0.15) is 0 Å². The molecule has 0 aliphatic heterocycles. The lowest BCUT2D eigenvalue weighted by Crippen LogP contribution is -2.17. The fourth-order valence-electron chi connectivity index (χ4n) is 2.67. The summed E-state index contributed by atoms with van der Waals surface area (Å²) in [5, 5.41) is 5.72. The van der Waals surface area contributed by atoms with Crippen molar-refractivity contribution >= 4 is 27.8 Å². The van der Waals surface area contributed by atoms with Crippen LogP contribution < -0.4 is 10.6 Å². The number of thiazole rings is 1. The van der Waals surface area contributed by atoms with Gasteiger partial charge in [0, 0.05) is 30.0 Å². The van der Waals surface area contributed by atoms with Gasteiger partial charge in [-0.25, -0.2) is 4.98 Å². The number of benzene rings is 2. The number of rotatable bonds is 4. The molecule has 0 saturated heterocycles. The zero-order valence-corrected chi connectivity index (χ0v) is 13.2. The number of nitrogens with zero attached hydrogens (tertiary/aromatic N) is 2. The molecule has 3 nitrogen and oxygen atoms in total. The molecule has 0 fully saturated rings. The Hall–Kier alpha value is -1.91. The van der Waals surface area contributed by atoms with Crippen LogP contribution in [0, 0.1) is 6.92 Å². The molecule has 3 aromatic rings. The molecule has 2 aromatic carbocycles. The summed E-state index contributed by atoms with van der Waals surface area (Å²) in [5.41, 5.74) is 9.37. The molecule has 3 rings (SSSR count). The van der Waals surface area contributed by atoms with Crippen LogP contribution in [0.4, 0.5) is 5.69 Å². The zero-order valence-electron chi connectivity index (χ0n) is 12.3. The van der Waals surface area contributed by atoms with E-state index in [0.29, 0.717) is 6.54 Å². The molecule has 21 heavy (non-hydrogen) atoms. The fourth-order valence-corrected chi connectivity index (χ4v) is 3.27. The van der Waals surface area contributed by atoms with Gasteiger partial charge in [-0.05, 0) is 23.9 Å². The van der Waals surface area contributed by atoms with Crippen LogP contribution in [0.15, 0.2) is 41.8 Å². The van der Waals surface area contributed by atoms with Crippen LogP contribution in [-0.2, 0) is 13.1 Å². The Bertz CT molecular complexity index is 764.